The number of carboxylic acids is 1. The molecular formula is C14H19ClO2. The van der Waals surface area contributed by atoms with Crippen molar-refractivity contribution < 1.29 is 9.90 Å². The summed E-state index contributed by atoms with van der Waals surface area (Å²) in [6.45, 7) is 4.27. The Hall–Kier alpha value is -1.02. The number of hydrogen-bond donors (Lipinski definition) is 1. The molecule has 0 aromatic heterocycles. The van der Waals surface area contributed by atoms with Gasteiger partial charge < -0.3 is 5.11 Å². The van der Waals surface area contributed by atoms with E-state index in [2.05, 4.69) is 13.8 Å². The van der Waals surface area contributed by atoms with Gasteiger partial charge in [0.2, 0.25) is 0 Å². The van der Waals surface area contributed by atoms with Crippen LogP contribution in [0.15, 0.2) is 18.2 Å². The SMILES string of the molecule is CCCCCC(C)c1cccc(C(=O)O)c1Cl. The Kier molecular flexibility index (Phi) is 5.49. The molecule has 0 radical (unpaired) electrons. The molecule has 0 aliphatic carbocycles. The van der Waals surface area contributed by atoms with Gasteiger partial charge in [-0.15, -0.1) is 0 Å². The number of halogens is 1. The van der Waals surface area contributed by atoms with Gasteiger partial charge in [0, 0.05) is 0 Å². The Bertz CT molecular complexity index is 388. The highest BCUT2D eigenvalue weighted by Crippen LogP contribution is 2.30. The van der Waals surface area contributed by atoms with E-state index in [9.17, 15) is 4.79 Å². The van der Waals surface area contributed by atoms with Crippen LogP contribution in [0.2, 0.25) is 5.02 Å². The molecule has 0 amide bonds. The Morgan fingerprint density at radius 1 is 1.41 bits per heavy atom. The smallest absolute Gasteiger partial charge is 0.337 e. The summed E-state index contributed by atoms with van der Waals surface area (Å²) in [6.07, 6.45) is 4.61. The number of rotatable bonds is 6. The van der Waals surface area contributed by atoms with E-state index in [-0.39, 0.29) is 5.56 Å². The normalized spacial score (nSPS) is 12.4. The molecule has 1 rings (SSSR count). The lowest BCUT2D eigenvalue weighted by Gasteiger charge is -2.14. The van der Waals surface area contributed by atoms with Crippen LogP contribution in [0.5, 0.6) is 0 Å². The Morgan fingerprint density at radius 2 is 2.12 bits per heavy atom. The summed E-state index contributed by atoms with van der Waals surface area (Å²) >= 11 is 6.13. The maximum absolute atomic E-state index is 11.0. The molecule has 0 spiro atoms. The molecule has 0 heterocycles. The van der Waals surface area contributed by atoms with Crippen LogP contribution >= 0.6 is 11.6 Å². The molecule has 2 nitrogen and oxygen atoms in total. The molecule has 1 N–H and O–H groups in total. The van der Waals surface area contributed by atoms with Crippen molar-refractivity contribution in [1.82, 2.24) is 0 Å². The standard InChI is InChI=1S/C14H19ClO2/c1-3-4-5-7-10(2)11-8-6-9-12(13(11)15)14(16)17/h6,8-10H,3-5,7H2,1-2H3,(H,16,17). The van der Waals surface area contributed by atoms with Crippen molar-refractivity contribution in [3.05, 3.63) is 34.3 Å². The summed E-state index contributed by atoms with van der Waals surface area (Å²) in [5.74, 6) is -0.647. The van der Waals surface area contributed by atoms with Crippen LogP contribution in [0.25, 0.3) is 0 Å². The Morgan fingerprint density at radius 3 is 2.71 bits per heavy atom. The van der Waals surface area contributed by atoms with Crippen LogP contribution in [0, 0.1) is 0 Å². The summed E-state index contributed by atoms with van der Waals surface area (Å²) in [7, 11) is 0. The maximum Gasteiger partial charge on any atom is 0.337 e. The Labute approximate surface area is 108 Å². The zero-order chi connectivity index (χ0) is 12.8. The number of carboxylic acid groups (broad SMARTS) is 1. The van der Waals surface area contributed by atoms with Gasteiger partial charge in [0.15, 0.2) is 0 Å². The number of unbranched alkanes of at least 4 members (excludes halogenated alkanes) is 2. The van der Waals surface area contributed by atoms with E-state index in [1.165, 1.54) is 12.8 Å². The Balaban J connectivity index is 2.83. The van der Waals surface area contributed by atoms with E-state index >= 15 is 0 Å². The van der Waals surface area contributed by atoms with Crippen molar-refractivity contribution >= 4 is 17.6 Å². The number of aromatic carboxylic acids is 1. The molecule has 0 saturated heterocycles. The highest BCUT2D eigenvalue weighted by molar-refractivity contribution is 6.34. The van der Waals surface area contributed by atoms with Crippen molar-refractivity contribution in [3.63, 3.8) is 0 Å². The molecule has 17 heavy (non-hydrogen) atoms. The van der Waals surface area contributed by atoms with Gasteiger partial charge in [-0.1, -0.05) is 56.8 Å². The first kappa shape index (κ1) is 14.0. The fraction of sp³-hybridized carbons (Fsp3) is 0.500. The minimum atomic E-state index is -0.961. The minimum Gasteiger partial charge on any atom is -0.478 e. The second kappa shape index (κ2) is 6.65. The van der Waals surface area contributed by atoms with E-state index in [0.29, 0.717) is 10.9 Å². The summed E-state index contributed by atoms with van der Waals surface area (Å²) in [4.78, 5) is 11.0. The number of hydrogen-bond acceptors (Lipinski definition) is 1. The fourth-order valence-corrected chi connectivity index (χ4v) is 2.34. The van der Waals surface area contributed by atoms with Gasteiger partial charge >= 0.3 is 5.97 Å². The molecule has 94 valence electrons. The van der Waals surface area contributed by atoms with Gasteiger partial charge in [0.1, 0.15) is 0 Å². The summed E-state index contributed by atoms with van der Waals surface area (Å²) in [5, 5.41) is 9.39. The third kappa shape index (κ3) is 3.74. The summed E-state index contributed by atoms with van der Waals surface area (Å²) < 4.78 is 0. The van der Waals surface area contributed by atoms with Crippen LogP contribution in [-0.4, -0.2) is 11.1 Å². The molecule has 1 atom stereocenters. The van der Waals surface area contributed by atoms with Gasteiger partial charge in [-0.2, -0.15) is 0 Å². The van der Waals surface area contributed by atoms with Crippen molar-refractivity contribution in [2.75, 3.05) is 0 Å². The monoisotopic (exact) mass is 254 g/mol. The predicted octanol–water partition coefficient (Wildman–Crippen LogP) is 4.72. The maximum atomic E-state index is 11.0. The molecule has 0 aliphatic rings. The molecule has 1 aromatic carbocycles. The lowest BCUT2D eigenvalue weighted by Crippen LogP contribution is -2.02. The molecule has 0 aliphatic heterocycles. The van der Waals surface area contributed by atoms with Crippen LogP contribution in [0.1, 0.15) is 61.4 Å². The van der Waals surface area contributed by atoms with Gasteiger partial charge in [0.25, 0.3) is 0 Å². The first-order chi connectivity index (χ1) is 8.07. The zero-order valence-electron chi connectivity index (χ0n) is 10.4. The van der Waals surface area contributed by atoms with Gasteiger partial charge in [-0.05, 0) is 24.0 Å². The van der Waals surface area contributed by atoms with Gasteiger partial charge in [0.05, 0.1) is 10.6 Å². The molecule has 1 aromatic rings. The van der Waals surface area contributed by atoms with E-state index in [1.807, 2.05) is 6.07 Å². The largest absolute Gasteiger partial charge is 0.478 e. The second-order valence-corrected chi connectivity index (χ2v) is 4.79. The van der Waals surface area contributed by atoms with Crippen LogP contribution < -0.4 is 0 Å². The van der Waals surface area contributed by atoms with Crippen LogP contribution in [0.3, 0.4) is 0 Å². The van der Waals surface area contributed by atoms with E-state index < -0.39 is 5.97 Å². The number of benzene rings is 1. The molecule has 0 saturated carbocycles. The predicted molar refractivity (Wildman–Crippen MR) is 71.0 cm³/mol. The van der Waals surface area contributed by atoms with Crippen molar-refractivity contribution in [2.24, 2.45) is 0 Å². The van der Waals surface area contributed by atoms with E-state index in [1.54, 1.807) is 12.1 Å². The van der Waals surface area contributed by atoms with Gasteiger partial charge in [-0.3, -0.25) is 0 Å². The lowest BCUT2D eigenvalue weighted by atomic mass is 9.93. The first-order valence-corrected chi connectivity index (χ1v) is 6.47. The highest BCUT2D eigenvalue weighted by atomic mass is 35.5. The first-order valence-electron chi connectivity index (χ1n) is 6.09. The average molecular weight is 255 g/mol. The summed E-state index contributed by atoms with van der Waals surface area (Å²) in [6, 6.07) is 5.24. The fourth-order valence-electron chi connectivity index (χ4n) is 1.95. The number of carbonyl (C=O) groups is 1. The molecule has 0 bridgehead atoms. The third-order valence-electron chi connectivity index (χ3n) is 3.03. The van der Waals surface area contributed by atoms with Crippen molar-refractivity contribution in [1.29, 1.82) is 0 Å². The van der Waals surface area contributed by atoms with E-state index in [0.717, 1.165) is 18.4 Å². The average Bonchev–Trinajstić information content (AvgIpc) is 2.29. The topological polar surface area (TPSA) is 37.3 Å². The van der Waals surface area contributed by atoms with Crippen LogP contribution in [0.4, 0.5) is 0 Å². The zero-order valence-corrected chi connectivity index (χ0v) is 11.1. The second-order valence-electron chi connectivity index (χ2n) is 4.41. The summed E-state index contributed by atoms with van der Waals surface area (Å²) in [5.41, 5.74) is 1.15. The lowest BCUT2D eigenvalue weighted by molar-refractivity contribution is 0.0697. The van der Waals surface area contributed by atoms with Gasteiger partial charge in [-0.25, -0.2) is 4.79 Å². The highest BCUT2D eigenvalue weighted by Gasteiger charge is 2.15. The van der Waals surface area contributed by atoms with Crippen LogP contribution in [-0.2, 0) is 0 Å². The quantitative estimate of drug-likeness (QED) is 0.746. The molecular weight excluding hydrogens is 236 g/mol. The molecule has 1 unspecified atom stereocenters. The minimum absolute atomic E-state index is 0.200. The van der Waals surface area contributed by atoms with Crippen molar-refractivity contribution in [3.8, 4) is 0 Å². The van der Waals surface area contributed by atoms with Crippen molar-refractivity contribution in [2.45, 2.75) is 45.4 Å². The molecule has 3 heteroatoms. The van der Waals surface area contributed by atoms with E-state index in [4.69, 9.17) is 16.7 Å². The molecule has 0 fully saturated rings. The third-order valence-corrected chi connectivity index (χ3v) is 3.45.